The van der Waals surface area contributed by atoms with E-state index in [0.717, 1.165) is 23.2 Å². The average Bonchev–Trinajstić information content (AvgIpc) is 2.86. The molecule has 0 amide bonds. The second kappa shape index (κ2) is 4.87. The quantitative estimate of drug-likeness (QED) is 0.917. The zero-order chi connectivity index (χ0) is 10.7. The van der Waals surface area contributed by atoms with Crippen LogP contribution >= 0.6 is 34.7 Å². The van der Waals surface area contributed by atoms with Crippen LogP contribution < -0.4 is 5.32 Å². The van der Waals surface area contributed by atoms with Gasteiger partial charge in [0.25, 0.3) is 0 Å². The number of hydrogen-bond acceptors (Lipinski definition) is 6. The molecular formula is C8H9ClN4S2. The zero-order valence-electron chi connectivity index (χ0n) is 7.98. The van der Waals surface area contributed by atoms with E-state index in [0.29, 0.717) is 11.0 Å². The van der Waals surface area contributed by atoms with Crippen molar-refractivity contribution in [1.82, 2.24) is 13.7 Å². The van der Waals surface area contributed by atoms with Crippen LogP contribution in [0.5, 0.6) is 0 Å². The number of nitrogens with one attached hydrogen (secondary N) is 1. The Labute approximate surface area is 101 Å². The zero-order valence-corrected chi connectivity index (χ0v) is 10.4. The Balaban J connectivity index is 2.13. The first-order chi connectivity index (χ1) is 7.31. The van der Waals surface area contributed by atoms with Gasteiger partial charge in [-0.2, -0.15) is 8.75 Å². The number of thiazole rings is 1. The van der Waals surface area contributed by atoms with Gasteiger partial charge in [0.1, 0.15) is 5.01 Å². The van der Waals surface area contributed by atoms with Gasteiger partial charge in [-0.3, -0.25) is 0 Å². The van der Waals surface area contributed by atoms with E-state index in [-0.39, 0.29) is 6.04 Å². The summed E-state index contributed by atoms with van der Waals surface area (Å²) in [7, 11) is 0. The maximum atomic E-state index is 5.86. The lowest BCUT2D eigenvalue weighted by Crippen LogP contribution is -2.09. The van der Waals surface area contributed by atoms with Gasteiger partial charge in [-0.15, -0.1) is 11.3 Å². The summed E-state index contributed by atoms with van der Waals surface area (Å²) in [6.07, 6.45) is 2.73. The van der Waals surface area contributed by atoms with Crippen molar-refractivity contribution in [1.29, 1.82) is 0 Å². The largest absolute Gasteiger partial charge is 0.357 e. The predicted octanol–water partition coefficient (Wildman–Crippen LogP) is 3.21. The smallest absolute Gasteiger partial charge is 0.186 e. The van der Waals surface area contributed by atoms with E-state index >= 15 is 0 Å². The van der Waals surface area contributed by atoms with Crippen molar-refractivity contribution in [2.45, 2.75) is 19.4 Å². The van der Waals surface area contributed by atoms with Crippen LogP contribution in [0.2, 0.25) is 5.15 Å². The summed E-state index contributed by atoms with van der Waals surface area (Å²) >= 11 is 8.59. The topological polar surface area (TPSA) is 50.7 Å². The number of anilines is 1. The summed E-state index contributed by atoms with van der Waals surface area (Å²) in [5.74, 6) is 0.642. The first-order valence-corrected chi connectivity index (χ1v) is 6.44. The molecule has 0 spiro atoms. The standard InChI is InChI=1S/C8H9ClN4S2/c1-2-5(8-10-3-4-14-8)11-7-6(9)12-15-13-7/h3-5H,2H2,1H3,(H,11,13). The second-order valence-corrected chi connectivity index (χ2v) is 4.69. The van der Waals surface area contributed by atoms with E-state index in [9.17, 15) is 0 Å². The fourth-order valence-corrected chi connectivity index (χ4v) is 2.61. The van der Waals surface area contributed by atoms with Gasteiger partial charge < -0.3 is 5.32 Å². The van der Waals surface area contributed by atoms with Crippen LogP contribution in [0.15, 0.2) is 11.6 Å². The molecule has 80 valence electrons. The molecule has 2 rings (SSSR count). The van der Waals surface area contributed by atoms with Crippen LogP contribution in [-0.4, -0.2) is 13.7 Å². The third kappa shape index (κ3) is 2.45. The third-order valence-electron chi connectivity index (χ3n) is 1.92. The average molecular weight is 261 g/mol. The Morgan fingerprint density at radius 1 is 1.53 bits per heavy atom. The van der Waals surface area contributed by atoms with Crippen molar-refractivity contribution >= 4 is 40.5 Å². The van der Waals surface area contributed by atoms with Crippen molar-refractivity contribution in [3.8, 4) is 0 Å². The molecule has 0 aliphatic carbocycles. The molecule has 0 bridgehead atoms. The fourth-order valence-electron chi connectivity index (χ4n) is 1.17. The van der Waals surface area contributed by atoms with Gasteiger partial charge in [-0.1, -0.05) is 18.5 Å². The van der Waals surface area contributed by atoms with E-state index in [4.69, 9.17) is 11.6 Å². The highest BCUT2D eigenvalue weighted by molar-refractivity contribution is 7.09. The van der Waals surface area contributed by atoms with Gasteiger partial charge in [0.15, 0.2) is 11.0 Å². The maximum absolute atomic E-state index is 5.86. The van der Waals surface area contributed by atoms with Gasteiger partial charge in [0.05, 0.1) is 17.8 Å². The van der Waals surface area contributed by atoms with E-state index in [1.165, 1.54) is 0 Å². The lowest BCUT2D eigenvalue weighted by molar-refractivity contribution is 0.739. The Morgan fingerprint density at radius 3 is 2.93 bits per heavy atom. The number of nitrogens with zero attached hydrogens (tertiary/aromatic N) is 3. The van der Waals surface area contributed by atoms with Gasteiger partial charge >= 0.3 is 0 Å². The second-order valence-electron chi connectivity index (χ2n) is 2.88. The molecular weight excluding hydrogens is 252 g/mol. The molecule has 2 aromatic heterocycles. The first kappa shape index (κ1) is 10.8. The molecule has 15 heavy (non-hydrogen) atoms. The Bertz CT molecular complexity index is 414. The van der Waals surface area contributed by atoms with Crippen LogP contribution in [-0.2, 0) is 0 Å². The number of aromatic nitrogens is 3. The Hall–Kier alpha value is -0.720. The number of rotatable bonds is 4. The minimum absolute atomic E-state index is 0.159. The molecule has 0 aliphatic heterocycles. The summed E-state index contributed by atoms with van der Waals surface area (Å²) in [6, 6.07) is 0.159. The molecule has 1 atom stereocenters. The maximum Gasteiger partial charge on any atom is 0.186 e. The highest BCUT2D eigenvalue weighted by Crippen LogP contribution is 2.26. The number of hydrogen-bond donors (Lipinski definition) is 1. The summed E-state index contributed by atoms with van der Waals surface area (Å²) in [5, 5.41) is 6.66. The molecule has 7 heteroatoms. The minimum Gasteiger partial charge on any atom is -0.357 e. The summed E-state index contributed by atoms with van der Waals surface area (Å²) < 4.78 is 7.98. The molecule has 2 aromatic rings. The molecule has 2 heterocycles. The SMILES string of the molecule is CCC(Nc1nsnc1Cl)c1nccs1. The van der Waals surface area contributed by atoms with Crippen molar-refractivity contribution < 1.29 is 0 Å². The first-order valence-electron chi connectivity index (χ1n) is 4.45. The molecule has 0 aromatic carbocycles. The Kier molecular flexibility index (Phi) is 3.50. The van der Waals surface area contributed by atoms with Crippen molar-refractivity contribution in [3.05, 3.63) is 21.7 Å². The number of halogens is 1. The predicted molar refractivity (Wildman–Crippen MR) is 63.7 cm³/mol. The van der Waals surface area contributed by atoms with Crippen LogP contribution in [0.3, 0.4) is 0 Å². The Morgan fingerprint density at radius 2 is 2.40 bits per heavy atom. The summed E-state index contributed by atoms with van der Waals surface area (Å²) in [4.78, 5) is 4.27. The summed E-state index contributed by atoms with van der Waals surface area (Å²) in [6.45, 7) is 2.09. The molecule has 0 radical (unpaired) electrons. The van der Waals surface area contributed by atoms with Crippen LogP contribution in [0.4, 0.5) is 5.82 Å². The van der Waals surface area contributed by atoms with Crippen LogP contribution in [0.1, 0.15) is 24.4 Å². The van der Waals surface area contributed by atoms with Gasteiger partial charge in [-0.25, -0.2) is 4.98 Å². The normalized spacial score (nSPS) is 12.7. The van der Waals surface area contributed by atoms with E-state index < -0.39 is 0 Å². The molecule has 0 aliphatic rings. The van der Waals surface area contributed by atoms with Crippen molar-refractivity contribution in [2.24, 2.45) is 0 Å². The minimum atomic E-state index is 0.159. The summed E-state index contributed by atoms with van der Waals surface area (Å²) in [5.41, 5.74) is 0. The highest BCUT2D eigenvalue weighted by atomic mass is 35.5. The molecule has 1 N–H and O–H groups in total. The molecule has 4 nitrogen and oxygen atoms in total. The lowest BCUT2D eigenvalue weighted by Gasteiger charge is -2.13. The van der Waals surface area contributed by atoms with Crippen LogP contribution in [0, 0.1) is 0 Å². The lowest BCUT2D eigenvalue weighted by atomic mass is 10.2. The van der Waals surface area contributed by atoms with Crippen molar-refractivity contribution in [2.75, 3.05) is 5.32 Å². The third-order valence-corrected chi connectivity index (χ3v) is 3.70. The van der Waals surface area contributed by atoms with Gasteiger partial charge in [-0.05, 0) is 6.42 Å². The van der Waals surface area contributed by atoms with E-state index in [2.05, 4.69) is 26.0 Å². The van der Waals surface area contributed by atoms with E-state index in [1.54, 1.807) is 17.5 Å². The molecule has 0 saturated carbocycles. The molecule has 0 saturated heterocycles. The molecule has 1 unspecified atom stereocenters. The monoisotopic (exact) mass is 260 g/mol. The highest BCUT2D eigenvalue weighted by Gasteiger charge is 2.15. The van der Waals surface area contributed by atoms with Crippen LogP contribution in [0.25, 0.3) is 0 Å². The van der Waals surface area contributed by atoms with E-state index in [1.807, 2.05) is 5.38 Å². The van der Waals surface area contributed by atoms with Crippen molar-refractivity contribution in [3.63, 3.8) is 0 Å². The fraction of sp³-hybridized carbons (Fsp3) is 0.375. The van der Waals surface area contributed by atoms with Gasteiger partial charge in [0.2, 0.25) is 0 Å². The van der Waals surface area contributed by atoms with Gasteiger partial charge in [0, 0.05) is 11.6 Å². The molecule has 0 fully saturated rings.